The van der Waals surface area contributed by atoms with Gasteiger partial charge < -0.3 is 4.90 Å². The molecule has 0 aromatic carbocycles. The number of hydrogen-bond acceptors (Lipinski definition) is 3. The van der Waals surface area contributed by atoms with Gasteiger partial charge in [0.1, 0.15) is 0 Å². The van der Waals surface area contributed by atoms with E-state index in [1.165, 1.54) is 0 Å². The van der Waals surface area contributed by atoms with Crippen molar-refractivity contribution in [3.05, 3.63) is 0 Å². The highest BCUT2D eigenvalue weighted by Gasteiger charge is 2.49. The molecular formula is C13H22N2O2. The summed E-state index contributed by atoms with van der Waals surface area (Å²) in [5, 5.41) is 2.50. The topological polar surface area (TPSA) is 49.4 Å². The molecule has 2 rings (SSSR count). The van der Waals surface area contributed by atoms with E-state index in [1.54, 1.807) is 0 Å². The van der Waals surface area contributed by atoms with Crippen molar-refractivity contribution in [2.24, 2.45) is 11.3 Å². The van der Waals surface area contributed by atoms with Crippen molar-refractivity contribution in [2.75, 3.05) is 20.1 Å². The van der Waals surface area contributed by atoms with Gasteiger partial charge in [0.15, 0.2) is 0 Å². The maximum atomic E-state index is 12.0. The average Bonchev–Trinajstić information content (AvgIpc) is 2.23. The Morgan fingerprint density at radius 2 is 2.24 bits per heavy atom. The number of rotatable bonds is 2. The van der Waals surface area contributed by atoms with Gasteiger partial charge in [0, 0.05) is 24.3 Å². The van der Waals surface area contributed by atoms with Crippen molar-refractivity contribution in [1.82, 2.24) is 10.2 Å². The normalized spacial score (nSPS) is 35.1. The zero-order chi connectivity index (χ0) is 12.5. The van der Waals surface area contributed by atoms with Crippen molar-refractivity contribution in [3.63, 3.8) is 0 Å². The van der Waals surface area contributed by atoms with E-state index in [9.17, 15) is 9.59 Å². The predicted octanol–water partition coefficient (Wildman–Crippen LogP) is 1.16. The number of amides is 2. The first-order valence-corrected chi connectivity index (χ1v) is 6.59. The first-order valence-electron chi connectivity index (χ1n) is 6.59. The van der Waals surface area contributed by atoms with Gasteiger partial charge in [-0.25, -0.2) is 0 Å². The third kappa shape index (κ3) is 2.37. The van der Waals surface area contributed by atoms with Gasteiger partial charge in [-0.3, -0.25) is 14.9 Å². The summed E-state index contributed by atoms with van der Waals surface area (Å²) in [6, 6.07) is 0. The molecule has 1 spiro atoms. The largest absolute Gasteiger partial charge is 0.306 e. The van der Waals surface area contributed by atoms with Crippen LogP contribution in [0, 0.1) is 11.3 Å². The van der Waals surface area contributed by atoms with E-state index in [4.69, 9.17) is 0 Å². The van der Waals surface area contributed by atoms with E-state index in [2.05, 4.69) is 24.2 Å². The van der Waals surface area contributed by atoms with Gasteiger partial charge >= 0.3 is 0 Å². The van der Waals surface area contributed by atoms with Gasteiger partial charge in [-0.2, -0.15) is 0 Å². The molecule has 4 heteroatoms. The Balaban J connectivity index is 2.24. The van der Waals surface area contributed by atoms with Crippen LogP contribution in [0.25, 0.3) is 0 Å². The maximum Gasteiger partial charge on any atom is 0.230 e. The lowest BCUT2D eigenvalue weighted by Gasteiger charge is -2.47. The lowest BCUT2D eigenvalue weighted by molar-refractivity contribution is -0.146. The summed E-state index contributed by atoms with van der Waals surface area (Å²) < 4.78 is 0. The molecule has 0 saturated carbocycles. The van der Waals surface area contributed by atoms with Gasteiger partial charge in [0.25, 0.3) is 0 Å². The predicted molar refractivity (Wildman–Crippen MR) is 65.3 cm³/mol. The molecule has 2 atom stereocenters. The van der Waals surface area contributed by atoms with Crippen molar-refractivity contribution in [1.29, 1.82) is 0 Å². The molecule has 0 aromatic heterocycles. The monoisotopic (exact) mass is 238 g/mol. The Morgan fingerprint density at radius 3 is 2.88 bits per heavy atom. The van der Waals surface area contributed by atoms with Crippen LogP contribution in [-0.4, -0.2) is 36.9 Å². The molecule has 2 saturated heterocycles. The molecule has 0 aliphatic carbocycles. The molecule has 96 valence electrons. The van der Waals surface area contributed by atoms with Crippen LogP contribution in [0.1, 0.15) is 39.0 Å². The van der Waals surface area contributed by atoms with E-state index in [0.717, 1.165) is 38.8 Å². The molecule has 2 heterocycles. The summed E-state index contributed by atoms with van der Waals surface area (Å²) in [7, 11) is 2.08. The summed E-state index contributed by atoms with van der Waals surface area (Å²) in [5.41, 5.74) is -0.0948. The molecule has 2 amide bonds. The van der Waals surface area contributed by atoms with Gasteiger partial charge in [0.05, 0.1) is 0 Å². The van der Waals surface area contributed by atoms with Gasteiger partial charge in [-0.05, 0) is 32.9 Å². The van der Waals surface area contributed by atoms with Crippen molar-refractivity contribution in [2.45, 2.75) is 39.0 Å². The number of carbonyl (C=O) groups is 2. The SMILES string of the molecule is CCCC1C(=O)NC(=O)CC12CCCN(C)C2. The van der Waals surface area contributed by atoms with Crippen molar-refractivity contribution < 1.29 is 9.59 Å². The van der Waals surface area contributed by atoms with E-state index in [1.807, 2.05) is 0 Å². The van der Waals surface area contributed by atoms with Crippen LogP contribution in [0.2, 0.25) is 0 Å². The molecule has 1 N–H and O–H groups in total. The van der Waals surface area contributed by atoms with Crippen LogP contribution < -0.4 is 5.32 Å². The van der Waals surface area contributed by atoms with Crippen LogP contribution in [0.5, 0.6) is 0 Å². The first-order chi connectivity index (χ1) is 8.07. The number of imide groups is 1. The van der Waals surface area contributed by atoms with E-state index in [0.29, 0.717) is 6.42 Å². The molecule has 4 nitrogen and oxygen atoms in total. The Kier molecular flexibility index (Phi) is 3.52. The quantitative estimate of drug-likeness (QED) is 0.734. The van der Waals surface area contributed by atoms with Crippen molar-refractivity contribution >= 4 is 11.8 Å². The second-order valence-electron chi connectivity index (χ2n) is 5.63. The number of carbonyl (C=O) groups excluding carboxylic acids is 2. The second kappa shape index (κ2) is 4.77. The summed E-state index contributed by atoms with van der Waals surface area (Å²) in [4.78, 5) is 25.9. The summed E-state index contributed by atoms with van der Waals surface area (Å²) >= 11 is 0. The Morgan fingerprint density at radius 1 is 1.47 bits per heavy atom. The average molecular weight is 238 g/mol. The van der Waals surface area contributed by atoms with Gasteiger partial charge in [-0.1, -0.05) is 13.3 Å². The highest BCUT2D eigenvalue weighted by atomic mass is 16.2. The second-order valence-corrected chi connectivity index (χ2v) is 5.63. The minimum Gasteiger partial charge on any atom is -0.306 e. The lowest BCUT2D eigenvalue weighted by atomic mass is 9.64. The standard InChI is InChI=1S/C13H22N2O2/c1-3-5-10-12(17)14-11(16)8-13(10)6-4-7-15(2)9-13/h10H,3-9H2,1-2H3,(H,14,16,17). The molecule has 0 aromatic rings. The summed E-state index contributed by atoms with van der Waals surface area (Å²) in [6.45, 7) is 4.07. The van der Waals surface area contributed by atoms with Gasteiger partial charge in [0.2, 0.25) is 11.8 Å². The summed E-state index contributed by atoms with van der Waals surface area (Å²) in [5.74, 6) is -0.107. The lowest BCUT2D eigenvalue weighted by Crippen LogP contribution is -2.57. The minimum absolute atomic E-state index is 0.0212. The Labute approximate surface area is 103 Å². The van der Waals surface area contributed by atoms with Crippen LogP contribution in [0.4, 0.5) is 0 Å². The number of likely N-dealkylation sites (tertiary alicyclic amines) is 1. The van der Waals surface area contributed by atoms with Gasteiger partial charge in [-0.15, -0.1) is 0 Å². The molecule has 2 fully saturated rings. The van der Waals surface area contributed by atoms with E-state index < -0.39 is 0 Å². The fourth-order valence-electron chi connectivity index (χ4n) is 3.54. The fourth-order valence-corrected chi connectivity index (χ4v) is 3.54. The smallest absolute Gasteiger partial charge is 0.230 e. The highest BCUT2D eigenvalue weighted by Crippen LogP contribution is 2.44. The number of nitrogens with one attached hydrogen (secondary N) is 1. The highest BCUT2D eigenvalue weighted by molar-refractivity contribution is 5.99. The van der Waals surface area contributed by atoms with E-state index in [-0.39, 0.29) is 23.1 Å². The van der Waals surface area contributed by atoms with Crippen LogP contribution in [0.15, 0.2) is 0 Å². The fraction of sp³-hybridized carbons (Fsp3) is 0.846. The molecule has 0 bridgehead atoms. The van der Waals surface area contributed by atoms with Crippen molar-refractivity contribution in [3.8, 4) is 0 Å². The minimum atomic E-state index is -0.0948. The van der Waals surface area contributed by atoms with Crippen LogP contribution in [0.3, 0.4) is 0 Å². The zero-order valence-corrected chi connectivity index (χ0v) is 10.8. The number of piperidine rings is 2. The number of hydrogen-bond donors (Lipinski definition) is 1. The third-order valence-electron chi connectivity index (χ3n) is 4.21. The van der Waals surface area contributed by atoms with Crippen LogP contribution in [-0.2, 0) is 9.59 Å². The first kappa shape index (κ1) is 12.6. The third-order valence-corrected chi connectivity index (χ3v) is 4.21. The zero-order valence-electron chi connectivity index (χ0n) is 10.8. The maximum absolute atomic E-state index is 12.0. The molecule has 17 heavy (non-hydrogen) atoms. The molecule has 2 unspecified atom stereocenters. The molecular weight excluding hydrogens is 216 g/mol. The summed E-state index contributed by atoms with van der Waals surface area (Å²) in [6.07, 6.45) is 4.52. The molecule has 0 radical (unpaired) electrons. The van der Waals surface area contributed by atoms with E-state index >= 15 is 0 Å². The molecule has 2 aliphatic rings. The Bertz CT molecular complexity index is 329. The Hall–Kier alpha value is -0.900. The van der Waals surface area contributed by atoms with Crippen LogP contribution >= 0.6 is 0 Å². The molecule has 2 aliphatic heterocycles. The number of nitrogens with zero attached hydrogens (tertiary/aromatic N) is 1.